The van der Waals surface area contributed by atoms with Gasteiger partial charge in [0.1, 0.15) is 0 Å². The second kappa shape index (κ2) is 12.4. The Bertz CT molecular complexity index is 3210. The predicted molar refractivity (Wildman–Crippen MR) is 260 cm³/mol. The molecule has 0 saturated heterocycles. The maximum Gasteiger partial charge on any atom is 0.260 e. The summed E-state index contributed by atoms with van der Waals surface area (Å²) >= 11 is 2.04. The van der Waals surface area contributed by atoms with Gasteiger partial charge in [0, 0.05) is 43.5 Å². The highest BCUT2D eigenvalue weighted by atomic mass is 32.1. The average molecular weight is 793 g/mol. The van der Waals surface area contributed by atoms with Crippen LogP contribution in [-0.2, 0) is 16.2 Å². The van der Waals surface area contributed by atoms with E-state index in [0.717, 1.165) is 0 Å². The molecule has 60 heavy (non-hydrogen) atoms. The first kappa shape index (κ1) is 36.1. The highest BCUT2D eigenvalue weighted by Crippen LogP contribution is 2.52. The van der Waals surface area contributed by atoms with Crippen LogP contribution in [0, 0.1) is 0 Å². The van der Waals surface area contributed by atoms with Crippen LogP contribution in [0.5, 0.6) is 0 Å². The highest BCUT2D eigenvalue weighted by Gasteiger charge is 2.46. The van der Waals surface area contributed by atoms with Gasteiger partial charge in [0.05, 0.1) is 16.7 Å². The van der Waals surface area contributed by atoms with Gasteiger partial charge in [-0.3, -0.25) is 0 Å². The van der Waals surface area contributed by atoms with Crippen molar-refractivity contribution in [3.63, 3.8) is 0 Å². The van der Waals surface area contributed by atoms with Crippen LogP contribution in [0.25, 0.3) is 59.8 Å². The molecular weight excluding hydrogens is 744 g/mol. The number of fused-ring (bicyclic) bond motifs is 11. The van der Waals surface area contributed by atoms with Gasteiger partial charge in [-0.05, 0) is 133 Å². The van der Waals surface area contributed by atoms with Crippen molar-refractivity contribution >= 4 is 82.7 Å². The van der Waals surface area contributed by atoms with Crippen molar-refractivity contribution in [2.24, 2.45) is 0 Å². The number of anilines is 3. The van der Waals surface area contributed by atoms with Crippen LogP contribution < -0.4 is 20.6 Å². The topological polar surface area (TPSA) is 8.17 Å². The molecule has 0 fully saturated rings. The monoisotopic (exact) mass is 792 g/mol. The Morgan fingerprint density at radius 2 is 1.20 bits per heavy atom. The summed E-state index contributed by atoms with van der Waals surface area (Å²) in [7, 11) is 0. The Morgan fingerprint density at radius 3 is 1.90 bits per heavy atom. The van der Waals surface area contributed by atoms with Crippen LogP contribution in [-0.4, -0.2) is 11.3 Å². The molecule has 7 aromatic carbocycles. The SMILES string of the molecule is CC(C)(C)c1ccc(N2c3ccccc3B3c4sc5cc6c(cc5c4-c4cc(-n5c7ccccc7c7ccccc75)cc2c43)C(C)(C)CCC6(C)C)c(-c2ccccc2)c1. The fourth-order valence-corrected chi connectivity index (χ4v) is 12.5. The standard InChI is InChI=1S/C56H49BN2S/c1-54(2,3)35-25-26-47(39(29-35)34-17-9-8-10-18-34)59-48-24-16-13-21-44(48)57-52-41(51-40-32-42-43(33-50(40)60-53(51)57)56(6,7)28-27-55(42,4)5)30-36(31-49(52)59)58-45-22-14-11-19-37(45)38-20-12-15-23-46(38)58/h8-26,29-33H,27-28H2,1-7H3. The molecule has 9 aromatic rings. The first-order valence-electron chi connectivity index (χ1n) is 21.8. The summed E-state index contributed by atoms with van der Waals surface area (Å²) in [6.45, 7) is 17.0. The van der Waals surface area contributed by atoms with E-state index in [4.69, 9.17) is 0 Å². The average Bonchev–Trinajstić information content (AvgIpc) is 3.90. The predicted octanol–water partition coefficient (Wildman–Crippen LogP) is 13.6. The quantitative estimate of drug-likeness (QED) is 0.162. The van der Waals surface area contributed by atoms with Crippen LogP contribution in [0.4, 0.5) is 17.1 Å². The van der Waals surface area contributed by atoms with Gasteiger partial charge in [0.25, 0.3) is 6.71 Å². The second-order valence-corrected chi connectivity index (χ2v) is 21.1. The van der Waals surface area contributed by atoms with Gasteiger partial charge in [-0.25, -0.2) is 0 Å². The molecule has 4 heteroatoms. The molecule has 0 bridgehead atoms. The van der Waals surface area contributed by atoms with E-state index in [9.17, 15) is 0 Å². The van der Waals surface area contributed by atoms with Crippen LogP contribution in [0.1, 0.15) is 78.0 Å². The summed E-state index contributed by atoms with van der Waals surface area (Å²) in [5, 5.41) is 3.98. The molecule has 12 rings (SSSR count). The lowest BCUT2D eigenvalue weighted by Gasteiger charge is -2.42. The molecule has 2 aromatic heterocycles. The van der Waals surface area contributed by atoms with Crippen LogP contribution in [0.2, 0.25) is 0 Å². The van der Waals surface area contributed by atoms with E-state index in [1.165, 1.54) is 122 Å². The fraction of sp³-hybridized carbons (Fsp3) is 0.214. The fourth-order valence-electron chi connectivity index (χ4n) is 11.1. The molecule has 2 nitrogen and oxygen atoms in total. The van der Waals surface area contributed by atoms with E-state index in [1.54, 1.807) is 0 Å². The van der Waals surface area contributed by atoms with Gasteiger partial charge in [0.2, 0.25) is 0 Å². The number of benzene rings is 7. The Labute approximate surface area is 358 Å². The number of para-hydroxylation sites is 3. The molecule has 0 saturated carbocycles. The first-order valence-corrected chi connectivity index (χ1v) is 22.6. The van der Waals surface area contributed by atoms with E-state index >= 15 is 0 Å². The molecule has 0 amide bonds. The molecule has 292 valence electrons. The van der Waals surface area contributed by atoms with E-state index in [-0.39, 0.29) is 23.0 Å². The summed E-state index contributed by atoms with van der Waals surface area (Å²) in [4.78, 5) is 2.61. The molecule has 0 spiro atoms. The summed E-state index contributed by atoms with van der Waals surface area (Å²) in [5.41, 5.74) is 20.2. The van der Waals surface area contributed by atoms with Crippen LogP contribution in [0.15, 0.2) is 146 Å². The third-order valence-corrected chi connectivity index (χ3v) is 15.6. The van der Waals surface area contributed by atoms with Crippen molar-refractivity contribution in [1.29, 1.82) is 0 Å². The third-order valence-electron chi connectivity index (χ3n) is 14.4. The van der Waals surface area contributed by atoms with Crippen molar-refractivity contribution in [2.45, 2.75) is 77.6 Å². The minimum atomic E-state index is 0.00295. The number of rotatable bonds is 3. The largest absolute Gasteiger partial charge is 0.311 e. The van der Waals surface area contributed by atoms with E-state index < -0.39 is 0 Å². The van der Waals surface area contributed by atoms with Gasteiger partial charge >= 0.3 is 0 Å². The van der Waals surface area contributed by atoms with Gasteiger partial charge in [0.15, 0.2) is 0 Å². The Morgan fingerprint density at radius 1 is 0.567 bits per heavy atom. The molecule has 1 aliphatic carbocycles. The van der Waals surface area contributed by atoms with E-state index in [0.29, 0.717) is 0 Å². The number of hydrogen-bond donors (Lipinski definition) is 0. The van der Waals surface area contributed by atoms with Crippen LogP contribution in [0.3, 0.4) is 0 Å². The zero-order valence-electron chi connectivity index (χ0n) is 35.7. The maximum absolute atomic E-state index is 2.63. The normalized spacial score (nSPS) is 16.0. The molecule has 4 heterocycles. The van der Waals surface area contributed by atoms with Gasteiger partial charge in [-0.15, -0.1) is 11.3 Å². The third kappa shape index (κ3) is 5.01. The molecule has 0 atom stereocenters. The summed E-state index contributed by atoms with van der Waals surface area (Å²) in [6, 6.07) is 55.7. The lowest BCUT2D eigenvalue weighted by Crippen LogP contribution is -2.54. The molecular formula is C56H49BN2S. The van der Waals surface area contributed by atoms with Crippen molar-refractivity contribution in [1.82, 2.24) is 4.57 Å². The minimum Gasteiger partial charge on any atom is -0.311 e. The summed E-state index contributed by atoms with van der Waals surface area (Å²) in [6.07, 6.45) is 2.41. The number of aromatic nitrogens is 1. The minimum absolute atomic E-state index is 0.00295. The van der Waals surface area contributed by atoms with E-state index in [1.807, 2.05) is 11.3 Å². The maximum atomic E-state index is 2.63. The number of nitrogens with zero attached hydrogens (tertiary/aromatic N) is 2. The Hall–Kier alpha value is -5.84. The summed E-state index contributed by atoms with van der Waals surface area (Å²) in [5.74, 6) is 0. The van der Waals surface area contributed by atoms with Crippen molar-refractivity contribution in [3.05, 3.63) is 162 Å². The smallest absolute Gasteiger partial charge is 0.260 e. The van der Waals surface area contributed by atoms with Gasteiger partial charge in [-0.2, -0.15) is 0 Å². The molecule has 2 aliphatic heterocycles. The lowest BCUT2D eigenvalue weighted by atomic mass is 9.39. The number of thiophene rings is 1. The molecule has 3 aliphatic rings. The Balaban J connectivity index is 1.22. The van der Waals surface area contributed by atoms with Crippen molar-refractivity contribution in [2.75, 3.05) is 4.90 Å². The zero-order valence-corrected chi connectivity index (χ0v) is 36.5. The molecule has 0 unspecified atom stereocenters. The van der Waals surface area contributed by atoms with Crippen molar-refractivity contribution < 1.29 is 0 Å². The van der Waals surface area contributed by atoms with Gasteiger partial charge in [-0.1, -0.05) is 139 Å². The van der Waals surface area contributed by atoms with Crippen LogP contribution >= 0.6 is 11.3 Å². The Kier molecular flexibility index (Phi) is 7.43. The highest BCUT2D eigenvalue weighted by molar-refractivity contribution is 7.34. The second-order valence-electron chi connectivity index (χ2n) is 20.0. The number of hydrogen-bond acceptors (Lipinski definition) is 2. The molecule has 0 radical (unpaired) electrons. The van der Waals surface area contributed by atoms with E-state index in [2.05, 4.69) is 204 Å². The van der Waals surface area contributed by atoms with Crippen molar-refractivity contribution in [3.8, 4) is 27.9 Å². The zero-order chi connectivity index (χ0) is 40.9. The first-order chi connectivity index (χ1) is 28.9. The van der Waals surface area contributed by atoms with Gasteiger partial charge < -0.3 is 9.47 Å². The lowest BCUT2D eigenvalue weighted by molar-refractivity contribution is 0.332. The molecule has 0 N–H and O–H groups in total. The summed E-state index contributed by atoms with van der Waals surface area (Å²) < 4.78 is 5.43.